The van der Waals surface area contributed by atoms with Gasteiger partial charge in [-0.1, -0.05) is 23.5 Å². The summed E-state index contributed by atoms with van der Waals surface area (Å²) in [6.45, 7) is 0.552. The number of nitrogens with zero attached hydrogens (tertiary/aromatic N) is 2. The van der Waals surface area contributed by atoms with Crippen LogP contribution in [0.4, 0.5) is 18.3 Å². The lowest BCUT2D eigenvalue weighted by molar-refractivity contribution is -0.136. The summed E-state index contributed by atoms with van der Waals surface area (Å²) < 4.78 is 39.7. The average molecular weight is 399 g/mol. The summed E-state index contributed by atoms with van der Waals surface area (Å²) in [6.07, 6.45) is -3.70. The van der Waals surface area contributed by atoms with Crippen molar-refractivity contribution in [3.05, 3.63) is 46.2 Å². The molecule has 4 nitrogen and oxygen atoms in total. The van der Waals surface area contributed by atoms with Gasteiger partial charge in [-0.3, -0.25) is 4.79 Å². The Kier molecular flexibility index (Phi) is 5.47. The number of nitrogens with one attached hydrogen (secondary N) is 1. The number of rotatable bonds is 6. The van der Waals surface area contributed by atoms with Crippen molar-refractivity contribution in [2.75, 3.05) is 25.0 Å². The van der Waals surface area contributed by atoms with E-state index in [2.05, 4.69) is 10.3 Å². The first-order chi connectivity index (χ1) is 12.3. The summed E-state index contributed by atoms with van der Waals surface area (Å²) in [6, 6.07) is 7.94. The van der Waals surface area contributed by atoms with E-state index in [0.29, 0.717) is 16.4 Å². The molecule has 2 aromatic heterocycles. The first-order valence-electron chi connectivity index (χ1n) is 7.81. The average Bonchev–Trinajstić information content (AvgIpc) is 3.22. The summed E-state index contributed by atoms with van der Waals surface area (Å²) in [4.78, 5) is 18.9. The maximum Gasteiger partial charge on any atom is 0.418 e. The Labute approximate surface area is 156 Å². The maximum absolute atomic E-state index is 13.1. The van der Waals surface area contributed by atoms with Crippen molar-refractivity contribution in [3.8, 4) is 0 Å². The van der Waals surface area contributed by atoms with E-state index in [1.54, 1.807) is 29.4 Å². The van der Waals surface area contributed by atoms with E-state index in [4.69, 9.17) is 0 Å². The van der Waals surface area contributed by atoms with Crippen LogP contribution in [0.15, 0.2) is 35.7 Å². The van der Waals surface area contributed by atoms with Crippen LogP contribution in [0, 0.1) is 0 Å². The summed E-state index contributed by atoms with van der Waals surface area (Å²) in [5, 5.41) is 5.17. The van der Waals surface area contributed by atoms with E-state index in [1.165, 1.54) is 10.9 Å². The lowest BCUT2D eigenvalue weighted by Crippen LogP contribution is -2.36. The fourth-order valence-corrected chi connectivity index (χ4v) is 4.11. The Balaban J connectivity index is 1.64. The normalized spacial score (nSPS) is 11.7. The van der Waals surface area contributed by atoms with Crippen LogP contribution < -0.4 is 10.2 Å². The standard InChI is InChI=1S/C17H16F3N3OS2/c1-23(10-14(24)21-8-7-11-4-3-9-25-11)16-22-15-12(17(18,19)20)5-2-6-13(15)26-16/h2-6,9H,7-8,10H2,1H3,(H,21,24). The lowest BCUT2D eigenvalue weighted by atomic mass is 10.2. The van der Waals surface area contributed by atoms with Crippen molar-refractivity contribution in [3.63, 3.8) is 0 Å². The number of benzene rings is 1. The van der Waals surface area contributed by atoms with Crippen molar-refractivity contribution in [1.82, 2.24) is 10.3 Å². The van der Waals surface area contributed by atoms with Crippen LogP contribution in [0.25, 0.3) is 10.2 Å². The van der Waals surface area contributed by atoms with Crippen molar-refractivity contribution in [2.24, 2.45) is 0 Å². The van der Waals surface area contributed by atoms with Crippen molar-refractivity contribution >= 4 is 43.9 Å². The second kappa shape index (κ2) is 7.63. The van der Waals surface area contributed by atoms with E-state index in [1.807, 2.05) is 17.5 Å². The van der Waals surface area contributed by atoms with Gasteiger partial charge in [0.2, 0.25) is 5.91 Å². The summed E-state index contributed by atoms with van der Waals surface area (Å²) >= 11 is 2.77. The SMILES string of the molecule is CN(CC(=O)NCCc1cccs1)c1nc2c(C(F)(F)F)cccc2s1. The topological polar surface area (TPSA) is 45.2 Å². The monoisotopic (exact) mass is 399 g/mol. The highest BCUT2D eigenvalue weighted by Crippen LogP contribution is 2.38. The molecular formula is C17H16F3N3OS2. The van der Waals surface area contributed by atoms with Crippen LogP contribution in [0.3, 0.4) is 0 Å². The number of halogens is 3. The fraction of sp³-hybridized carbons (Fsp3) is 0.294. The summed E-state index contributed by atoms with van der Waals surface area (Å²) in [5.74, 6) is -0.195. The number of hydrogen-bond acceptors (Lipinski definition) is 5. The molecule has 0 unspecified atom stereocenters. The number of anilines is 1. The molecule has 1 amide bonds. The van der Waals surface area contributed by atoms with Crippen LogP contribution in [-0.4, -0.2) is 31.0 Å². The fourth-order valence-electron chi connectivity index (χ4n) is 2.45. The molecule has 3 aromatic rings. The Morgan fingerprint density at radius 1 is 1.27 bits per heavy atom. The molecule has 3 rings (SSSR count). The number of aromatic nitrogens is 1. The van der Waals surface area contributed by atoms with Gasteiger partial charge in [0, 0.05) is 18.5 Å². The number of fused-ring (bicyclic) bond motifs is 1. The molecule has 0 aliphatic carbocycles. The van der Waals surface area contributed by atoms with Gasteiger partial charge in [0.25, 0.3) is 0 Å². The lowest BCUT2D eigenvalue weighted by Gasteiger charge is -2.15. The molecule has 138 valence electrons. The predicted molar refractivity (Wildman–Crippen MR) is 98.9 cm³/mol. The van der Waals surface area contributed by atoms with Gasteiger partial charge in [0.05, 0.1) is 22.3 Å². The van der Waals surface area contributed by atoms with Crippen molar-refractivity contribution in [1.29, 1.82) is 0 Å². The third-order valence-electron chi connectivity index (χ3n) is 3.69. The number of carbonyl (C=O) groups is 1. The van der Waals surface area contributed by atoms with Gasteiger partial charge in [0.1, 0.15) is 0 Å². The molecule has 0 aliphatic heterocycles. The largest absolute Gasteiger partial charge is 0.418 e. The number of thiophene rings is 1. The van der Waals surface area contributed by atoms with Gasteiger partial charge in [-0.15, -0.1) is 11.3 Å². The zero-order valence-corrected chi connectivity index (χ0v) is 15.5. The zero-order chi connectivity index (χ0) is 18.7. The van der Waals surface area contributed by atoms with E-state index >= 15 is 0 Å². The summed E-state index contributed by atoms with van der Waals surface area (Å²) in [5.41, 5.74) is -0.837. The highest BCUT2D eigenvalue weighted by Gasteiger charge is 2.34. The van der Waals surface area contributed by atoms with Gasteiger partial charge in [-0.25, -0.2) is 4.98 Å². The van der Waals surface area contributed by atoms with Gasteiger partial charge < -0.3 is 10.2 Å². The van der Waals surface area contributed by atoms with Gasteiger partial charge in [-0.05, 0) is 30.0 Å². The minimum atomic E-state index is -4.46. The van der Waals surface area contributed by atoms with Crippen molar-refractivity contribution in [2.45, 2.75) is 12.6 Å². The van der Waals surface area contributed by atoms with E-state index < -0.39 is 11.7 Å². The van der Waals surface area contributed by atoms with Crippen LogP contribution in [0.5, 0.6) is 0 Å². The molecule has 0 aliphatic rings. The van der Waals surface area contributed by atoms with Crippen LogP contribution in [0.1, 0.15) is 10.4 Å². The van der Waals surface area contributed by atoms with Gasteiger partial charge in [-0.2, -0.15) is 13.2 Å². The highest BCUT2D eigenvalue weighted by molar-refractivity contribution is 7.22. The van der Waals surface area contributed by atoms with Crippen molar-refractivity contribution < 1.29 is 18.0 Å². The second-order valence-electron chi connectivity index (χ2n) is 5.68. The molecule has 0 saturated heterocycles. The molecule has 1 N–H and O–H groups in total. The van der Waals surface area contributed by atoms with E-state index in [9.17, 15) is 18.0 Å². The Bertz CT molecular complexity index is 890. The van der Waals surface area contributed by atoms with E-state index in [0.717, 1.165) is 23.8 Å². The predicted octanol–water partition coefficient (Wildman–Crippen LogP) is 4.17. The maximum atomic E-state index is 13.1. The molecule has 9 heteroatoms. The number of likely N-dealkylation sites (N-methyl/N-ethyl adjacent to an activating group) is 1. The molecule has 1 aromatic carbocycles. The molecular weight excluding hydrogens is 383 g/mol. The minimum Gasteiger partial charge on any atom is -0.354 e. The number of para-hydroxylation sites is 1. The number of thiazole rings is 1. The Hall–Kier alpha value is -2.13. The third-order valence-corrected chi connectivity index (χ3v) is 5.77. The molecule has 26 heavy (non-hydrogen) atoms. The number of hydrogen-bond donors (Lipinski definition) is 1. The number of alkyl halides is 3. The molecule has 0 spiro atoms. The number of amides is 1. The molecule has 0 radical (unpaired) electrons. The minimum absolute atomic E-state index is 0.0333. The smallest absolute Gasteiger partial charge is 0.354 e. The number of carbonyl (C=O) groups excluding carboxylic acids is 1. The first-order valence-corrected chi connectivity index (χ1v) is 9.51. The second-order valence-corrected chi connectivity index (χ2v) is 7.72. The molecule has 0 atom stereocenters. The molecule has 0 fully saturated rings. The van der Waals surface area contributed by atoms with Crippen LogP contribution >= 0.6 is 22.7 Å². The van der Waals surface area contributed by atoms with Crippen LogP contribution in [-0.2, 0) is 17.4 Å². The third kappa shape index (κ3) is 4.34. The van der Waals surface area contributed by atoms with Crippen LogP contribution in [0.2, 0.25) is 0 Å². The Morgan fingerprint density at radius 3 is 2.77 bits per heavy atom. The Morgan fingerprint density at radius 2 is 2.08 bits per heavy atom. The first kappa shape index (κ1) is 18.7. The molecule has 0 bridgehead atoms. The zero-order valence-electron chi connectivity index (χ0n) is 13.8. The quantitative estimate of drug-likeness (QED) is 0.677. The van der Waals surface area contributed by atoms with Gasteiger partial charge in [0.15, 0.2) is 5.13 Å². The van der Waals surface area contributed by atoms with Gasteiger partial charge >= 0.3 is 6.18 Å². The molecule has 2 heterocycles. The highest BCUT2D eigenvalue weighted by atomic mass is 32.1. The van der Waals surface area contributed by atoms with E-state index in [-0.39, 0.29) is 18.0 Å². The molecule has 0 saturated carbocycles. The summed E-state index contributed by atoms with van der Waals surface area (Å²) in [7, 11) is 1.64.